The van der Waals surface area contributed by atoms with Crippen molar-refractivity contribution in [1.29, 1.82) is 0 Å². The Hall–Kier alpha value is -2.15. The Morgan fingerprint density at radius 2 is 1.86 bits per heavy atom. The Labute approximate surface area is 120 Å². The van der Waals surface area contributed by atoms with Gasteiger partial charge in [0.1, 0.15) is 6.23 Å². The maximum atomic E-state index is 12.7. The summed E-state index contributed by atoms with van der Waals surface area (Å²) in [5, 5.41) is 2.88. The highest BCUT2D eigenvalue weighted by molar-refractivity contribution is 5.56. The lowest BCUT2D eigenvalue weighted by Gasteiger charge is -2.13. The van der Waals surface area contributed by atoms with Crippen molar-refractivity contribution in [2.75, 3.05) is 7.05 Å². The minimum absolute atomic E-state index is 0.213. The van der Waals surface area contributed by atoms with E-state index in [0.717, 1.165) is 12.1 Å². The minimum atomic E-state index is -4.39. The Bertz CT molecular complexity index is 599. The molecule has 0 aliphatic heterocycles. The fourth-order valence-corrected chi connectivity index (χ4v) is 1.62. The molecule has 1 heterocycles. The smallest absolute Gasteiger partial charge is 0.416 e. The Morgan fingerprint density at radius 1 is 1.19 bits per heavy atom. The molecule has 0 saturated carbocycles. The summed E-state index contributed by atoms with van der Waals surface area (Å²) in [6.45, 7) is 1.81. The first kappa shape index (κ1) is 15.2. The largest absolute Gasteiger partial charge is 0.472 e. The average molecular weight is 297 g/mol. The van der Waals surface area contributed by atoms with Crippen molar-refractivity contribution in [2.24, 2.45) is 0 Å². The molecular formula is C14H14F3N3O. The summed E-state index contributed by atoms with van der Waals surface area (Å²) < 4.78 is 43.4. The molecule has 1 atom stereocenters. The minimum Gasteiger partial charge on any atom is -0.472 e. The molecule has 21 heavy (non-hydrogen) atoms. The second kappa shape index (κ2) is 6.09. The Morgan fingerprint density at radius 3 is 2.43 bits per heavy atom. The lowest BCUT2D eigenvalue weighted by Crippen LogP contribution is -2.27. The number of aromatic nitrogens is 2. The van der Waals surface area contributed by atoms with Crippen molar-refractivity contribution in [3.63, 3.8) is 0 Å². The van der Waals surface area contributed by atoms with E-state index in [-0.39, 0.29) is 12.1 Å². The van der Waals surface area contributed by atoms with Gasteiger partial charge in [-0.1, -0.05) is 12.1 Å². The van der Waals surface area contributed by atoms with Crippen LogP contribution in [-0.4, -0.2) is 23.2 Å². The van der Waals surface area contributed by atoms with Crippen molar-refractivity contribution in [3.05, 3.63) is 42.2 Å². The van der Waals surface area contributed by atoms with E-state index in [0.29, 0.717) is 11.3 Å². The van der Waals surface area contributed by atoms with Crippen molar-refractivity contribution in [1.82, 2.24) is 15.3 Å². The summed E-state index contributed by atoms with van der Waals surface area (Å²) in [7, 11) is 1.74. The number of ether oxygens (including phenoxy) is 1. The van der Waals surface area contributed by atoms with Gasteiger partial charge < -0.3 is 4.74 Å². The lowest BCUT2D eigenvalue weighted by molar-refractivity contribution is -0.137. The third-order valence-corrected chi connectivity index (χ3v) is 2.80. The number of hydrogen-bond donors (Lipinski definition) is 1. The Balaban J connectivity index is 2.23. The van der Waals surface area contributed by atoms with Gasteiger partial charge in [0.15, 0.2) is 11.6 Å². The topological polar surface area (TPSA) is 47.0 Å². The summed E-state index contributed by atoms with van der Waals surface area (Å²) in [5.41, 5.74) is -0.425. The number of nitrogens with one attached hydrogen (secondary N) is 1. The van der Waals surface area contributed by atoms with Crippen LogP contribution in [0, 0.1) is 0 Å². The second-order valence-corrected chi connectivity index (χ2v) is 4.37. The van der Waals surface area contributed by atoms with E-state index in [4.69, 9.17) is 4.74 Å². The van der Waals surface area contributed by atoms with Gasteiger partial charge >= 0.3 is 6.18 Å². The van der Waals surface area contributed by atoms with Crippen LogP contribution in [-0.2, 0) is 6.18 Å². The van der Waals surface area contributed by atoms with Crippen molar-refractivity contribution >= 4 is 0 Å². The molecule has 4 nitrogen and oxygen atoms in total. The molecule has 0 saturated heterocycles. The normalized spacial score (nSPS) is 13.0. The number of halogens is 3. The van der Waals surface area contributed by atoms with E-state index >= 15 is 0 Å². The van der Waals surface area contributed by atoms with Gasteiger partial charge in [0, 0.05) is 5.56 Å². The van der Waals surface area contributed by atoms with Gasteiger partial charge in [-0.25, -0.2) is 9.97 Å². The van der Waals surface area contributed by atoms with Crippen LogP contribution in [0.1, 0.15) is 12.5 Å². The van der Waals surface area contributed by atoms with Gasteiger partial charge in [-0.3, -0.25) is 5.32 Å². The van der Waals surface area contributed by atoms with Crippen LogP contribution in [0.15, 0.2) is 36.7 Å². The van der Waals surface area contributed by atoms with Gasteiger partial charge in [-0.2, -0.15) is 13.2 Å². The molecule has 0 aliphatic rings. The number of hydrogen-bond acceptors (Lipinski definition) is 4. The highest BCUT2D eigenvalue weighted by Gasteiger charge is 2.30. The summed E-state index contributed by atoms with van der Waals surface area (Å²) >= 11 is 0. The molecular weight excluding hydrogens is 283 g/mol. The third-order valence-electron chi connectivity index (χ3n) is 2.80. The molecule has 1 aromatic heterocycles. The molecule has 0 spiro atoms. The molecule has 1 N–H and O–H groups in total. The van der Waals surface area contributed by atoms with Gasteiger partial charge in [0.2, 0.25) is 0 Å². The van der Waals surface area contributed by atoms with Crippen molar-refractivity contribution < 1.29 is 17.9 Å². The summed E-state index contributed by atoms with van der Waals surface area (Å²) in [5.74, 6) is 0.651. The van der Waals surface area contributed by atoms with Gasteiger partial charge in [-0.05, 0) is 26.1 Å². The molecule has 0 amide bonds. The first-order valence-corrected chi connectivity index (χ1v) is 6.24. The Kier molecular flexibility index (Phi) is 4.42. The van der Waals surface area contributed by atoms with E-state index in [2.05, 4.69) is 15.3 Å². The van der Waals surface area contributed by atoms with E-state index < -0.39 is 11.7 Å². The SMILES string of the molecule is CNC(C)Oc1cnc(-c2cccc(C(F)(F)F)c2)nc1. The molecule has 112 valence electrons. The average Bonchev–Trinajstić information content (AvgIpc) is 2.47. The molecule has 2 aromatic rings. The van der Waals surface area contributed by atoms with E-state index in [9.17, 15) is 13.2 Å². The fourth-order valence-electron chi connectivity index (χ4n) is 1.62. The molecule has 1 unspecified atom stereocenters. The van der Waals surface area contributed by atoms with Gasteiger partial charge in [-0.15, -0.1) is 0 Å². The molecule has 0 bridgehead atoms. The van der Waals surface area contributed by atoms with Crippen LogP contribution in [0.5, 0.6) is 5.75 Å². The van der Waals surface area contributed by atoms with Crippen LogP contribution in [0.3, 0.4) is 0 Å². The highest BCUT2D eigenvalue weighted by Crippen LogP contribution is 2.31. The highest BCUT2D eigenvalue weighted by atomic mass is 19.4. The second-order valence-electron chi connectivity index (χ2n) is 4.37. The monoisotopic (exact) mass is 297 g/mol. The zero-order chi connectivity index (χ0) is 15.5. The first-order valence-electron chi connectivity index (χ1n) is 6.24. The van der Waals surface area contributed by atoms with E-state index in [1.165, 1.54) is 24.5 Å². The maximum absolute atomic E-state index is 12.7. The zero-order valence-electron chi connectivity index (χ0n) is 11.5. The fraction of sp³-hybridized carbons (Fsp3) is 0.286. The number of rotatable bonds is 4. The van der Waals surface area contributed by atoms with Crippen molar-refractivity contribution in [2.45, 2.75) is 19.3 Å². The van der Waals surface area contributed by atoms with Crippen LogP contribution in [0.25, 0.3) is 11.4 Å². The zero-order valence-corrected chi connectivity index (χ0v) is 11.5. The quantitative estimate of drug-likeness (QED) is 0.881. The molecule has 2 rings (SSSR count). The molecule has 0 radical (unpaired) electrons. The number of nitrogens with zero attached hydrogens (tertiary/aromatic N) is 2. The standard InChI is InChI=1S/C14H14F3N3O/c1-9(18-2)21-12-7-19-13(20-8-12)10-4-3-5-11(6-10)14(15,16)17/h3-9,18H,1-2H3. The first-order chi connectivity index (χ1) is 9.90. The predicted octanol–water partition coefficient (Wildman–Crippen LogP) is 3.11. The summed E-state index contributed by atoms with van der Waals surface area (Å²) in [6, 6.07) is 4.89. The van der Waals surface area contributed by atoms with E-state index in [1.54, 1.807) is 14.0 Å². The molecule has 1 aromatic carbocycles. The summed E-state index contributed by atoms with van der Waals surface area (Å²) in [6.07, 6.45) is -1.75. The number of alkyl halides is 3. The van der Waals surface area contributed by atoms with Crippen LogP contribution in [0.4, 0.5) is 13.2 Å². The predicted molar refractivity (Wildman–Crippen MR) is 71.6 cm³/mol. The molecule has 0 aliphatic carbocycles. The third kappa shape index (κ3) is 3.91. The van der Waals surface area contributed by atoms with Crippen molar-refractivity contribution in [3.8, 4) is 17.1 Å². The maximum Gasteiger partial charge on any atom is 0.416 e. The molecule has 0 fully saturated rings. The van der Waals surface area contributed by atoms with Crippen LogP contribution >= 0.6 is 0 Å². The molecule has 7 heteroatoms. The lowest BCUT2D eigenvalue weighted by atomic mass is 10.1. The number of benzene rings is 1. The summed E-state index contributed by atoms with van der Waals surface area (Å²) in [4.78, 5) is 8.06. The van der Waals surface area contributed by atoms with Gasteiger partial charge in [0.05, 0.1) is 18.0 Å². The van der Waals surface area contributed by atoms with Crippen LogP contribution < -0.4 is 10.1 Å². The van der Waals surface area contributed by atoms with Crippen LogP contribution in [0.2, 0.25) is 0 Å². The van der Waals surface area contributed by atoms with E-state index in [1.807, 2.05) is 0 Å². The van der Waals surface area contributed by atoms with Gasteiger partial charge in [0.25, 0.3) is 0 Å².